The van der Waals surface area contributed by atoms with Crippen molar-refractivity contribution in [2.45, 2.75) is 129 Å². The molecular weight excluding hydrogens is 531 g/mol. The Morgan fingerprint density at radius 2 is 1.82 bits per heavy atom. The van der Waals surface area contributed by atoms with Gasteiger partial charge in [-0.15, -0.1) is 0 Å². The summed E-state index contributed by atoms with van der Waals surface area (Å²) in [5.41, 5.74) is 2.52. The van der Waals surface area contributed by atoms with E-state index in [1.54, 1.807) is 5.57 Å². The first-order valence-corrected chi connectivity index (χ1v) is 15.8. The minimum Gasteiger partial charge on any atom is -0.462 e. The predicted molar refractivity (Wildman–Crippen MR) is 151 cm³/mol. The van der Waals surface area contributed by atoms with Gasteiger partial charge in [0.1, 0.15) is 6.10 Å². The Balaban J connectivity index is 1.42. The number of carbonyl (C=O) groups is 1. The Hall–Kier alpha value is -0.0600. The molecule has 9 atom stereocenters. The van der Waals surface area contributed by atoms with Crippen molar-refractivity contribution in [3.63, 3.8) is 0 Å². The number of esters is 1. The van der Waals surface area contributed by atoms with E-state index in [9.17, 15) is 4.79 Å². The van der Waals surface area contributed by atoms with Gasteiger partial charge in [0.2, 0.25) is 0 Å². The number of halogens is 1. The van der Waals surface area contributed by atoms with Crippen molar-refractivity contribution in [2.75, 3.05) is 0 Å². The van der Waals surface area contributed by atoms with Crippen molar-refractivity contribution >= 4 is 28.6 Å². The van der Waals surface area contributed by atoms with E-state index < -0.39 is 0 Å². The highest BCUT2D eigenvalue weighted by atomic mass is 127. The summed E-state index contributed by atoms with van der Waals surface area (Å²) in [5.74, 6) is 5.28. The van der Waals surface area contributed by atoms with Crippen LogP contribution in [0.3, 0.4) is 0 Å². The SMILES string of the molecule is CC(C)CCC[C@@H](C)[C@H]1CC[C@H]2[C@@H]3CC=C4C[C@@H](OC(=O)C[C@@H](C)I)CC[C@]4(C)[C@H]3CC[C@]12C. The monoisotopic (exact) mass is 582 g/mol. The number of hydrogen-bond donors (Lipinski definition) is 0. The molecule has 0 aromatic carbocycles. The van der Waals surface area contributed by atoms with Gasteiger partial charge in [0.15, 0.2) is 0 Å². The van der Waals surface area contributed by atoms with Gasteiger partial charge in [-0.1, -0.05) is 95.0 Å². The number of ether oxygens (including phenoxy) is 1. The fraction of sp³-hybridized carbons (Fsp3) is 0.903. The lowest BCUT2D eigenvalue weighted by Gasteiger charge is -2.58. The normalized spacial score (nSPS) is 41.2. The molecule has 0 N–H and O–H groups in total. The third kappa shape index (κ3) is 5.30. The second-order valence-corrected chi connectivity index (χ2v) is 15.8. The number of alkyl halides is 1. The highest BCUT2D eigenvalue weighted by Crippen LogP contribution is 2.67. The van der Waals surface area contributed by atoms with E-state index in [2.05, 4.69) is 70.2 Å². The largest absolute Gasteiger partial charge is 0.462 e. The van der Waals surface area contributed by atoms with Crippen molar-refractivity contribution in [1.29, 1.82) is 0 Å². The molecule has 0 aromatic rings. The van der Waals surface area contributed by atoms with Crippen LogP contribution in [0.15, 0.2) is 11.6 Å². The Bertz CT molecular complexity index is 757. The summed E-state index contributed by atoms with van der Waals surface area (Å²) in [4.78, 5) is 12.3. The molecule has 3 fully saturated rings. The van der Waals surface area contributed by atoms with E-state index in [0.717, 1.165) is 48.3 Å². The first-order chi connectivity index (χ1) is 16.0. The van der Waals surface area contributed by atoms with Crippen LogP contribution < -0.4 is 0 Å². The van der Waals surface area contributed by atoms with Crippen molar-refractivity contribution in [2.24, 2.45) is 46.3 Å². The van der Waals surface area contributed by atoms with Gasteiger partial charge in [0, 0.05) is 10.3 Å². The third-order valence-corrected chi connectivity index (χ3v) is 11.4. The van der Waals surface area contributed by atoms with Crippen LogP contribution in [0.25, 0.3) is 0 Å². The van der Waals surface area contributed by atoms with Gasteiger partial charge < -0.3 is 4.74 Å². The Morgan fingerprint density at radius 1 is 1.06 bits per heavy atom. The molecule has 0 heterocycles. The third-order valence-electron chi connectivity index (χ3n) is 11.0. The molecule has 3 heteroatoms. The van der Waals surface area contributed by atoms with Gasteiger partial charge in [-0.25, -0.2) is 0 Å². The zero-order valence-corrected chi connectivity index (χ0v) is 25.0. The number of carbonyl (C=O) groups excluding carboxylic acids is 1. The molecule has 0 spiro atoms. The predicted octanol–water partition coefficient (Wildman–Crippen LogP) is 9.15. The number of hydrogen-bond acceptors (Lipinski definition) is 2. The van der Waals surface area contributed by atoms with Gasteiger partial charge in [-0.05, 0) is 91.3 Å². The zero-order valence-electron chi connectivity index (χ0n) is 22.9. The lowest BCUT2D eigenvalue weighted by Crippen LogP contribution is -2.51. The van der Waals surface area contributed by atoms with Crippen molar-refractivity contribution in [1.82, 2.24) is 0 Å². The minimum atomic E-state index is -0.00210. The van der Waals surface area contributed by atoms with E-state index in [-0.39, 0.29) is 12.1 Å². The summed E-state index contributed by atoms with van der Waals surface area (Å²) in [6.07, 6.45) is 17.8. The van der Waals surface area contributed by atoms with Crippen LogP contribution in [-0.2, 0) is 9.53 Å². The molecule has 0 aromatic heterocycles. The maximum atomic E-state index is 12.3. The van der Waals surface area contributed by atoms with Crippen LogP contribution in [0.1, 0.15) is 119 Å². The molecule has 4 aliphatic carbocycles. The minimum absolute atomic E-state index is 0.00210. The lowest BCUT2D eigenvalue weighted by molar-refractivity contribution is -0.151. The molecule has 3 saturated carbocycles. The topological polar surface area (TPSA) is 26.3 Å². The molecule has 4 aliphatic rings. The maximum absolute atomic E-state index is 12.3. The summed E-state index contributed by atoms with van der Waals surface area (Å²) in [7, 11) is 0. The summed E-state index contributed by atoms with van der Waals surface area (Å²) < 4.78 is 6.27. The second kappa shape index (κ2) is 10.7. The molecular formula is C31H51IO2. The fourth-order valence-corrected chi connectivity index (χ4v) is 9.58. The van der Waals surface area contributed by atoms with Crippen LogP contribution in [0, 0.1) is 46.3 Å². The van der Waals surface area contributed by atoms with E-state index in [1.807, 2.05) is 0 Å². The number of allylic oxidation sites excluding steroid dienone is 1. The molecule has 4 rings (SSSR count). The van der Waals surface area contributed by atoms with Gasteiger partial charge in [0.25, 0.3) is 0 Å². The van der Waals surface area contributed by atoms with Gasteiger partial charge >= 0.3 is 5.97 Å². The smallest absolute Gasteiger partial charge is 0.307 e. The quantitative estimate of drug-likeness (QED) is 0.123. The van der Waals surface area contributed by atoms with E-state index in [4.69, 9.17) is 4.74 Å². The molecule has 0 amide bonds. The number of fused-ring (bicyclic) bond motifs is 5. The Morgan fingerprint density at radius 3 is 2.53 bits per heavy atom. The van der Waals surface area contributed by atoms with E-state index in [0.29, 0.717) is 21.2 Å². The summed E-state index contributed by atoms with van der Waals surface area (Å²) in [6, 6.07) is 0. The summed E-state index contributed by atoms with van der Waals surface area (Å²) in [6.45, 7) is 14.7. The standard InChI is InChI=1S/C31H51IO2/c1-20(2)8-7-9-21(3)26-12-13-27-25-11-10-23-19-24(34-29(33)18-22(4)32)14-16-30(23,5)28(25)15-17-31(26,27)6/h10,20-22,24-28H,7-9,11-19H2,1-6H3/t21-,22-,24+,25+,26-,27+,28+,30+,31-/m1/s1. The molecule has 0 aliphatic heterocycles. The van der Waals surface area contributed by atoms with Crippen LogP contribution in [0.2, 0.25) is 0 Å². The number of rotatable bonds is 8. The molecule has 194 valence electrons. The molecule has 0 radical (unpaired) electrons. The average molecular weight is 583 g/mol. The highest BCUT2D eigenvalue weighted by Gasteiger charge is 2.59. The fourth-order valence-electron chi connectivity index (χ4n) is 9.22. The average Bonchev–Trinajstić information content (AvgIpc) is 3.10. The lowest BCUT2D eigenvalue weighted by atomic mass is 9.47. The van der Waals surface area contributed by atoms with Crippen LogP contribution in [0.5, 0.6) is 0 Å². The molecule has 34 heavy (non-hydrogen) atoms. The maximum Gasteiger partial charge on any atom is 0.307 e. The molecule has 2 nitrogen and oxygen atoms in total. The molecule has 0 unspecified atom stereocenters. The molecule has 0 bridgehead atoms. The first-order valence-electron chi connectivity index (χ1n) is 14.6. The van der Waals surface area contributed by atoms with Gasteiger partial charge in [-0.3, -0.25) is 4.79 Å². The van der Waals surface area contributed by atoms with Gasteiger partial charge in [-0.2, -0.15) is 0 Å². The second-order valence-electron chi connectivity index (χ2n) is 13.6. The van der Waals surface area contributed by atoms with Gasteiger partial charge in [0.05, 0.1) is 6.42 Å². The van der Waals surface area contributed by atoms with Crippen LogP contribution >= 0.6 is 22.6 Å². The Kier molecular flexibility index (Phi) is 8.52. The van der Waals surface area contributed by atoms with Crippen molar-refractivity contribution in [3.05, 3.63) is 11.6 Å². The van der Waals surface area contributed by atoms with Crippen molar-refractivity contribution in [3.8, 4) is 0 Å². The first kappa shape index (κ1) is 27.0. The van der Waals surface area contributed by atoms with Crippen molar-refractivity contribution < 1.29 is 9.53 Å². The van der Waals surface area contributed by atoms with E-state index in [1.165, 1.54) is 57.8 Å². The Labute approximate surface area is 224 Å². The van der Waals surface area contributed by atoms with E-state index >= 15 is 0 Å². The molecule has 0 saturated heterocycles. The van der Waals surface area contributed by atoms with Crippen LogP contribution in [-0.4, -0.2) is 16.0 Å². The highest BCUT2D eigenvalue weighted by molar-refractivity contribution is 14.1. The van der Waals surface area contributed by atoms with Crippen LogP contribution in [0.4, 0.5) is 0 Å². The summed E-state index contributed by atoms with van der Waals surface area (Å²) >= 11 is 2.32. The zero-order chi connectivity index (χ0) is 24.7. The summed E-state index contributed by atoms with van der Waals surface area (Å²) in [5, 5.41) is 0.